The van der Waals surface area contributed by atoms with Crippen molar-refractivity contribution in [1.82, 2.24) is 0 Å². The van der Waals surface area contributed by atoms with Crippen LogP contribution in [0, 0.1) is 101 Å². The van der Waals surface area contributed by atoms with Gasteiger partial charge in [-0.2, -0.15) is 0 Å². The Morgan fingerprint density at radius 2 is 0.600 bits per heavy atom. The second-order valence-corrected chi connectivity index (χ2v) is 58.7. The zero-order valence-electron chi connectivity index (χ0n) is 86.4. The minimum atomic E-state index is -3.11. The maximum absolute atomic E-state index is 14.9. The molecule has 140 heavy (non-hydrogen) atoms. The highest BCUT2D eigenvalue weighted by Gasteiger charge is 2.38. The van der Waals surface area contributed by atoms with Crippen LogP contribution < -0.4 is 14.7 Å². The molecule has 3 aliphatic heterocycles. The first-order valence-corrected chi connectivity index (χ1v) is 62.3. The van der Waals surface area contributed by atoms with E-state index in [0.29, 0.717) is 105 Å². The van der Waals surface area contributed by atoms with E-state index in [1.54, 1.807) is 101 Å². The Kier molecular flexibility index (Phi) is 46.8. The molecule has 3 saturated heterocycles. The number of ether oxygens (including phenoxy) is 3. The number of rotatable bonds is 33. The molecule has 6 atom stereocenters. The van der Waals surface area contributed by atoms with Crippen molar-refractivity contribution in [3.05, 3.63) is 155 Å². The van der Waals surface area contributed by atoms with Gasteiger partial charge in [-0.25, -0.2) is 68.4 Å². The van der Waals surface area contributed by atoms with Gasteiger partial charge in [-0.15, -0.1) is 0 Å². The van der Waals surface area contributed by atoms with Gasteiger partial charge in [-0.1, -0.05) is 135 Å². The number of morpholine rings is 3. The minimum absolute atomic E-state index is 0.0171. The van der Waals surface area contributed by atoms with E-state index in [1.807, 2.05) is 49.1 Å². The summed E-state index contributed by atoms with van der Waals surface area (Å²) >= 11 is 24.1. The summed E-state index contributed by atoms with van der Waals surface area (Å²) in [6.07, 6.45) is 28.0. The van der Waals surface area contributed by atoms with Crippen LogP contribution in [0.1, 0.15) is 305 Å². The van der Waals surface area contributed by atoms with E-state index in [2.05, 4.69) is 43.9 Å². The smallest absolute Gasteiger partial charge is 0.185 e. The van der Waals surface area contributed by atoms with Gasteiger partial charge in [0.25, 0.3) is 0 Å². The van der Waals surface area contributed by atoms with Crippen LogP contribution in [-0.2, 0) is 95.5 Å². The van der Waals surface area contributed by atoms with Crippen molar-refractivity contribution in [2.45, 2.75) is 373 Å². The predicted molar refractivity (Wildman–Crippen MR) is 567 cm³/mol. The number of hydrogen-bond acceptors (Lipinski definition) is 16. The highest BCUT2D eigenvalue weighted by atomic mass is 35.5. The average Bonchev–Trinajstić information content (AvgIpc) is 0.777. The molecular weight excluding hydrogens is 1980 g/mol. The Morgan fingerprint density at radius 1 is 0.300 bits per heavy atom. The van der Waals surface area contributed by atoms with E-state index in [-0.39, 0.29) is 106 Å². The van der Waals surface area contributed by atoms with E-state index in [0.717, 1.165) is 184 Å². The minimum Gasteiger partial charge on any atom is -0.372 e. The van der Waals surface area contributed by atoms with Crippen molar-refractivity contribution in [3.8, 4) is 0 Å². The molecular formula is C109H165Cl4F6N3O13S5. The summed E-state index contributed by atoms with van der Waals surface area (Å²) in [5.74, 6) is -1.21. The van der Waals surface area contributed by atoms with Gasteiger partial charge < -0.3 is 28.9 Å². The second-order valence-electron chi connectivity index (χ2n) is 44.1. The first-order chi connectivity index (χ1) is 65.7. The van der Waals surface area contributed by atoms with Crippen molar-refractivity contribution < 1.29 is 82.6 Å². The molecule has 0 unspecified atom stereocenters. The van der Waals surface area contributed by atoms with Gasteiger partial charge in [0.1, 0.15) is 5.69 Å². The predicted octanol–water partition coefficient (Wildman–Crippen LogP) is 26.8. The molecule has 3 heterocycles. The number of sulfone groups is 5. The van der Waals surface area contributed by atoms with Gasteiger partial charge in [0.15, 0.2) is 84.1 Å². The molecule has 794 valence electrons. The number of benzene rings is 5. The summed E-state index contributed by atoms with van der Waals surface area (Å²) in [6.45, 7) is 34.7. The molecule has 5 aromatic rings. The third kappa shape index (κ3) is 36.7. The molecule has 0 N–H and O–H groups in total. The molecule has 0 spiro atoms. The lowest BCUT2D eigenvalue weighted by Crippen LogP contribution is -2.46. The summed E-state index contributed by atoms with van der Waals surface area (Å²) in [4.78, 5) is 5.63. The van der Waals surface area contributed by atoms with E-state index in [1.165, 1.54) is 46.5 Å². The zero-order valence-corrected chi connectivity index (χ0v) is 93.5. The number of halogens is 10. The maximum atomic E-state index is 14.9. The van der Waals surface area contributed by atoms with Gasteiger partial charge in [0.2, 0.25) is 0 Å². The van der Waals surface area contributed by atoms with E-state index in [9.17, 15) is 68.4 Å². The SMILES string of the molecule is CC(C)S(=O)(=O)CC1CCC(CCc2c(F)c(F)c(N3C[C@@H](C)O[C@@H](C)C3)c(F)c2F)CC1.CC(C)S(=O)(=O)CC1CCC(CCc2ccc(Cl)c(Cl)c2)CC1.CC(C)S(=O)(=O)CC1CCC(CCc2ccc(Cl)cc2Cl)CC1.CC(C)S(=O)(=O)CC1CCC(CCc2ccc(N3C[C@@H](C)O[C@@H](C)C3)c(F)c2F)CC1.Cc1cc(N2C[C@@H](C)O[C@@H](C)C2)ccc1CCC1CCC(CS(=O)(=O)C(C)C)CC1. The molecule has 31 heteroatoms. The molecule has 0 radical (unpaired) electrons. The van der Waals surface area contributed by atoms with Crippen LogP contribution in [0.2, 0.25) is 20.1 Å². The van der Waals surface area contributed by atoms with Gasteiger partial charge in [0.05, 0.1) is 107 Å². The molecule has 0 amide bonds. The number of hydrogen-bond donors (Lipinski definition) is 0. The van der Waals surface area contributed by atoms with Crippen LogP contribution in [0.5, 0.6) is 0 Å². The Hall–Kier alpha value is -4.13. The zero-order chi connectivity index (χ0) is 103. The Labute approximate surface area is 858 Å². The van der Waals surface area contributed by atoms with E-state index in [4.69, 9.17) is 60.6 Å². The van der Waals surface area contributed by atoms with E-state index >= 15 is 0 Å². The topological polar surface area (TPSA) is 208 Å². The van der Waals surface area contributed by atoms with Crippen LogP contribution in [0.15, 0.2) is 66.7 Å². The van der Waals surface area contributed by atoms with Gasteiger partial charge in [-0.05, 0) is 376 Å². The molecule has 8 aliphatic rings. The Balaban J connectivity index is 0.000000197. The lowest BCUT2D eigenvalue weighted by atomic mass is 9.80. The van der Waals surface area contributed by atoms with Gasteiger partial charge in [0, 0.05) is 60.6 Å². The maximum Gasteiger partial charge on any atom is 0.185 e. The third-order valence-electron chi connectivity index (χ3n) is 31.0. The first kappa shape index (κ1) is 119. The summed E-state index contributed by atoms with van der Waals surface area (Å²) in [7, 11) is -14.8. The largest absolute Gasteiger partial charge is 0.372 e. The standard InChI is InChI=1S/C25H41NO3S.C24H35F4NO3S.C24H37F2NO3S.2C18H26Cl2O2S/c1-18(2)30(27,28)17-23-8-6-22(7-9-23)10-11-24-12-13-25(14-19(24)3)26-15-20(4)29-21(5)16-26;1-14(2)33(30,31)13-18-7-5-17(6-8-18)9-10-19-20(25)22(27)24(23(28)21(19)26)29-11-15(3)32-16(4)12-29;1-16(2)31(28,29)15-20-7-5-19(6-8-20)9-10-21-11-12-22(24(26)23(21)25)27-13-17(3)30-18(4)14-27;1-13(2)23(21,22)12-16-7-4-14(5-8-16)3-6-15-9-10-17(19)18(20)11-15;1-13(2)23(21,22)12-15-5-3-14(4-6-15)7-8-16-9-10-17(19)11-18(16)20/h12-14,18,20-23H,6-11,15-17H2,1-5H3;14-18H,5-13H2,1-4H3;11-12,16-20H,5-10,13-15H2,1-4H3;9-11,13-14,16H,3-8,12H2,1-2H3;9-11,13-15H,3-8,12H2,1-2H3/t20-,21+,22?,23?;15-,16+,17?,18?;17-,18+,19?,20?;;. The fraction of sp³-hybridized carbons (Fsp3) is 0.725. The van der Waals surface area contributed by atoms with Crippen LogP contribution in [-0.4, -0.2) is 173 Å². The second kappa shape index (κ2) is 54.9. The number of aryl methyl sites for hydroxylation is 5. The molecule has 13 rings (SSSR count). The lowest BCUT2D eigenvalue weighted by Gasteiger charge is -2.37. The molecule has 5 saturated carbocycles. The van der Waals surface area contributed by atoms with Gasteiger partial charge >= 0.3 is 0 Å². The number of nitrogens with zero attached hydrogens (tertiary/aromatic N) is 3. The van der Waals surface area contributed by atoms with Crippen molar-refractivity contribution in [2.24, 2.45) is 59.2 Å². The van der Waals surface area contributed by atoms with Crippen LogP contribution in [0.4, 0.5) is 43.4 Å². The summed E-state index contributed by atoms with van der Waals surface area (Å²) in [5.41, 5.74) is 6.06. The Morgan fingerprint density at radius 3 is 0.936 bits per heavy atom. The monoisotopic (exact) mass is 2140 g/mol. The van der Waals surface area contributed by atoms with Crippen LogP contribution >= 0.6 is 46.4 Å². The Bertz CT molecular complexity index is 5290. The highest BCUT2D eigenvalue weighted by Crippen LogP contribution is 2.43. The highest BCUT2D eigenvalue weighted by molar-refractivity contribution is 7.93. The van der Waals surface area contributed by atoms with Crippen LogP contribution in [0.3, 0.4) is 0 Å². The quantitative estimate of drug-likeness (QED) is 0.0283. The van der Waals surface area contributed by atoms with Crippen molar-refractivity contribution in [3.63, 3.8) is 0 Å². The normalized spacial score (nSPS) is 25.8. The molecule has 5 aliphatic carbocycles. The summed E-state index contributed by atoms with van der Waals surface area (Å²) < 4.78 is 227. The molecule has 16 nitrogen and oxygen atoms in total. The molecule has 8 fully saturated rings. The lowest BCUT2D eigenvalue weighted by molar-refractivity contribution is -0.00586. The average molecular weight is 2140 g/mol. The molecule has 0 aromatic heterocycles. The molecule has 5 aromatic carbocycles. The van der Waals surface area contributed by atoms with Crippen molar-refractivity contribution in [1.29, 1.82) is 0 Å². The van der Waals surface area contributed by atoms with Gasteiger partial charge in [-0.3, -0.25) is 0 Å². The fourth-order valence-corrected chi connectivity index (χ4v) is 29.4. The third-order valence-corrected chi connectivity index (χ3v) is 44.1. The van der Waals surface area contributed by atoms with Crippen LogP contribution in [0.25, 0.3) is 0 Å². The van der Waals surface area contributed by atoms with Crippen molar-refractivity contribution in [2.75, 3.05) is 82.7 Å². The van der Waals surface area contributed by atoms with E-state index < -0.39 is 101 Å². The first-order valence-electron chi connectivity index (χ1n) is 52.2. The fourth-order valence-electron chi connectivity index (χ4n) is 21.7. The number of anilines is 3. The molecule has 0 bridgehead atoms. The summed E-state index contributed by atoms with van der Waals surface area (Å²) in [5, 5.41) is 1.15. The summed E-state index contributed by atoms with van der Waals surface area (Å²) in [6, 6.07) is 21.9. The van der Waals surface area contributed by atoms with Crippen molar-refractivity contribution >= 4 is 113 Å².